The molecule has 4 rings (SSSR count). The van der Waals surface area contributed by atoms with Crippen molar-refractivity contribution in [1.82, 2.24) is 5.32 Å². The topological polar surface area (TPSA) is 60.0 Å². The summed E-state index contributed by atoms with van der Waals surface area (Å²) in [4.78, 5) is 14.9. The van der Waals surface area contributed by atoms with Gasteiger partial charge in [0.15, 0.2) is 11.5 Å². The van der Waals surface area contributed by atoms with Crippen molar-refractivity contribution >= 4 is 11.6 Å². The molecule has 6 nitrogen and oxygen atoms in total. The number of fused-ring (bicyclic) bond motifs is 3. The first-order chi connectivity index (χ1) is 12.7. The number of piperazine rings is 1. The van der Waals surface area contributed by atoms with Gasteiger partial charge in [0.05, 0.1) is 21.3 Å². The molecule has 1 fully saturated rings. The van der Waals surface area contributed by atoms with Gasteiger partial charge in [-0.15, -0.1) is 0 Å². The van der Waals surface area contributed by atoms with E-state index in [2.05, 4.69) is 10.2 Å². The zero-order chi connectivity index (χ0) is 18.3. The van der Waals surface area contributed by atoms with Crippen LogP contribution in [0.1, 0.15) is 17.0 Å². The van der Waals surface area contributed by atoms with Crippen LogP contribution in [0.3, 0.4) is 0 Å². The molecule has 0 saturated carbocycles. The summed E-state index contributed by atoms with van der Waals surface area (Å²) < 4.78 is 16.2. The minimum Gasteiger partial charge on any atom is -0.497 e. The summed E-state index contributed by atoms with van der Waals surface area (Å²) in [5.74, 6) is 2.11. The number of hydrogen-bond acceptors (Lipinski definition) is 5. The van der Waals surface area contributed by atoms with Crippen LogP contribution in [-0.2, 0) is 4.79 Å². The fourth-order valence-corrected chi connectivity index (χ4v) is 4.01. The lowest BCUT2D eigenvalue weighted by Gasteiger charge is -2.34. The molecule has 0 aromatic heterocycles. The Morgan fingerprint density at radius 1 is 1.00 bits per heavy atom. The van der Waals surface area contributed by atoms with Gasteiger partial charge in [-0.25, -0.2) is 0 Å². The fourth-order valence-electron chi connectivity index (χ4n) is 4.01. The number of amides is 1. The molecule has 136 valence electrons. The van der Waals surface area contributed by atoms with Crippen LogP contribution < -0.4 is 24.4 Å². The SMILES string of the molecule is COc1ccc(C2c3cc(OC)c(OC)cc3N3CCNC(=O)C23)cc1. The van der Waals surface area contributed by atoms with E-state index in [0.717, 1.165) is 29.1 Å². The van der Waals surface area contributed by atoms with Crippen molar-refractivity contribution in [2.75, 3.05) is 39.3 Å². The Labute approximate surface area is 152 Å². The van der Waals surface area contributed by atoms with Crippen molar-refractivity contribution < 1.29 is 19.0 Å². The molecule has 2 aromatic carbocycles. The lowest BCUT2D eigenvalue weighted by Crippen LogP contribution is -2.55. The van der Waals surface area contributed by atoms with Crippen molar-refractivity contribution in [3.8, 4) is 17.2 Å². The molecule has 0 radical (unpaired) electrons. The molecule has 2 aromatic rings. The van der Waals surface area contributed by atoms with E-state index in [1.54, 1.807) is 21.3 Å². The number of anilines is 1. The minimum atomic E-state index is -0.274. The molecule has 1 amide bonds. The summed E-state index contributed by atoms with van der Waals surface area (Å²) in [6.45, 7) is 1.41. The third-order valence-electron chi connectivity index (χ3n) is 5.22. The van der Waals surface area contributed by atoms with E-state index in [0.29, 0.717) is 18.0 Å². The molecule has 2 atom stereocenters. The van der Waals surface area contributed by atoms with Gasteiger partial charge in [0.2, 0.25) is 5.91 Å². The number of nitrogens with zero attached hydrogens (tertiary/aromatic N) is 1. The van der Waals surface area contributed by atoms with Crippen molar-refractivity contribution in [1.29, 1.82) is 0 Å². The average Bonchev–Trinajstić information content (AvgIpc) is 3.01. The summed E-state index contributed by atoms with van der Waals surface area (Å²) in [5.41, 5.74) is 3.18. The van der Waals surface area contributed by atoms with E-state index in [-0.39, 0.29) is 17.9 Å². The summed E-state index contributed by atoms with van der Waals surface area (Å²) in [5, 5.41) is 3.00. The van der Waals surface area contributed by atoms with Crippen LogP contribution in [0.4, 0.5) is 5.69 Å². The zero-order valence-corrected chi connectivity index (χ0v) is 15.1. The van der Waals surface area contributed by atoms with Crippen LogP contribution in [0.25, 0.3) is 0 Å². The van der Waals surface area contributed by atoms with Crippen LogP contribution in [0.2, 0.25) is 0 Å². The number of rotatable bonds is 4. The van der Waals surface area contributed by atoms with Crippen LogP contribution >= 0.6 is 0 Å². The molecular formula is C20H22N2O4. The molecule has 1 N–H and O–H groups in total. The smallest absolute Gasteiger partial charge is 0.243 e. The molecule has 26 heavy (non-hydrogen) atoms. The van der Waals surface area contributed by atoms with Crippen molar-refractivity contribution in [3.05, 3.63) is 47.5 Å². The molecule has 1 saturated heterocycles. The number of benzene rings is 2. The van der Waals surface area contributed by atoms with Gasteiger partial charge in [0.25, 0.3) is 0 Å². The average molecular weight is 354 g/mol. The predicted octanol–water partition coefficient (Wildman–Crippen LogP) is 2.16. The summed E-state index contributed by atoms with van der Waals surface area (Å²) in [7, 11) is 4.90. The highest BCUT2D eigenvalue weighted by molar-refractivity contribution is 5.92. The van der Waals surface area contributed by atoms with Crippen molar-refractivity contribution in [2.24, 2.45) is 0 Å². The normalized spacial score (nSPS) is 20.9. The van der Waals surface area contributed by atoms with E-state index >= 15 is 0 Å². The summed E-state index contributed by atoms with van der Waals surface area (Å²) >= 11 is 0. The number of hydrogen-bond donors (Lipinski definition) is 1. The quantitative estimate of drug-likeness (QED) is 0.912. The lowest BCUT2D eigenvalue weighted by molar-refractivity contribution is -0.123. The van der Waals surface area contributed by atoms with Gasteiger partial charge < -0.3 is 24.4 Å². The van der Waals surface area contributed by atoms with E-state index in [4.69, 9.17) is 14.2 Å². The van der Waals surface area contributed by atoms with E-state index in [9.17, 15) is 4.79 Å². The maximum atomic E-state index is 12.7. The van der Waals surface area contributed by atoms with E-state index in [1.165, 1.54) is 0 Å². The second-order valence-electron chi connectivity index (χ2n) is 6.45. The molecule has 0 aliphatic carbocycles. The first-order valence-corrected chi connectivity index (χ1v) is 8.62. The van der Waals surface area contributed by atoms with Gasteiger partial charge in [-0.3, -0.25) is 4.79 Å². The van der Waals surface area contributed by atoms with Crippen LogP contribution in [0, 0.1) is 0 Å². The molecule has 2 aliphatic rings. The number of nitrogens with one attached hydrogen (secondary N) is 1. The number of methoxy groups -OCH3 is 3. The Morgan fingerprint density at radius 3 is 2.35 bits per heavy atom. The summed E-state index contributed by atoms with van der Waals surface area (Å²) in [6, 6.07) is 11.6. The van der Waals surface area contributed by atoms with Gasteiger partial charge >= 0.3 is 0 Å². The Morgan fingerprint density at radius 2 is 1.69 bits per heavy atom. The molecular weight excluding hydrogens is 332 g/mol. The van der Waals surface area contributed by atoms with Gasteiger partial charge in [-0.1, -0.05) is 12.1 Å². The van der Waals surface area contributed by atoms with Gasteiger partial charge in [-0.2, -0.15) is 0 Å². The predicted molar refractivity (Wildman–Crippen MR) is 98.5 cm³/mol. The Kier molecular flexibility index (Phi) is 4.11. The molecule has 6 heteroatoms. The monoisotopic (exact) mass is 354 g/mol. The Balaban J connectivity index is 1.87. The third kappa shape index (κ3) is 2.44. The Bertz CT molecular complexity index is 834. The van der Waals surface area contributed by atoms with Crippen LogP contribution in [0.5, 0.6) is 17.2 Å². The Hall–Kier alpha value is -2.89. The van der Waals surface area contributed by atoms with Gasteiger partial charge in [0, 0.05) is 30.8 Å². The van der Waals surface area contributed by atoms with Crippen LogP contribution in [0.15, 0.2) is 36.4 Å². The second kappa shape index (κ2) is 6.44. The maximum absolute atomic E-state index is 12.7. The first kappa shape index (κ1) is 16.6. The van der Waals surface area contributed by atoms with Crippen molar-refractivity contribution in [3.63, 3.8) is 0 Å². The maximum Gasteiger partial charge on any atom is 0.243 e. The summed E-state index contributed by atoms with van der Waals surface area (Å²) in [6.07, 6.45) is 0. The zero-order valence-electron chi connectivity index (χ0n) is 15.1. The van der Waals surface area contributed by atoms with E-state index < -0.39 is 0 Å². The highest BCUT2D eigenvalue weighted by Crippen LogP contribution is 2.49. The standard InChI is InChI=1S/C20H22N2O4/c1-24-13-6-4-12(5-7-13)18-14-10-16(25-2)17(26-3)11-15(14)22-9-8-21-20(23)19(18)22/h4-7,10-11,18-19H,8-9H2,1-3H3,(H,21,23). The first-order valence-electron chi connectivity index (χ1n) is 8.62. The number of carbonyl (C=O) groups excluding carboxylic acids is 1. The van der Waals surface area contributed by atoms with Gasteiger partial charge in [0.1, 0.15) is 11.8 Å². The number of ether oxygens (including phenoxy) is 3. The highest BCUT2D eigenvalue weighted by atomic mass is 16.5. The van der Waals surface area contributed by atoms with Gasteiger partial charge in [-0.05, 0) is 29.3 Å². The third-order valence-corrected chi connectivity index (χ3v) is 5.22. The molecule has 2 heterocycles. The molecule has 0 bridgehead atoms. The minimum absolute atomic E-state index is 0.0474. The molecule has 2 aliphatic heterocycles. The highest BCUT2D eigenvalue weighted by Gasteiger charge is 2.46. The van der Waals surface area contributed by atoms with E-state index in [1.807, 2.05) is 36.4 Å². The fraction of sp³-hybridized carbons (Fsp3) is 0.350. The van der Waals surface area contributed by atoms with Crippen molar-refractivity contribution in [2.45, 2.75) is 12.0 Å². The lowest BCUT2D eigenvalue weighted by atomic mass is 9.86. The molecule has 0 spiro atoms. The number of carbonyl (C=O) groups is 1. The second-order valence-corrected chi connectivity index (χ2v) is 6.45. The largest absolute Gasteiger partial charge is 0.497 e. The van der Waals surface area contributed by atoms with Crippen LogP contribution in [-0.4, -0.2) is 46.4 Å². The molecule has 2 unspecified atom stereocenters.